The Hall–Kier alpha value is -0.640. The third-order valence-electron chi connectivity index (χ3n) is 1.46. The highest BCUT2D eigenvalue weighted by molar-refractivity contribution is 9.09. The molecule has 3 nitrogen and oxygen atoms in total. The molecular weight excluding hydrogens is 234 g/mol. The second-order valence-corrected chi connectivity index (χ2v) is 4.00. The maximum Gasteiger partial charge on any atom is 0.249 e. The lowest BCUT2D eigenvalue weighted by Gasteiger charge is -2.06. The molecule has 74 valence electrons. The molecule has 0 spiro atoms. The fraction of sp³-hybridized carbons (Fsp3) is 0.556. The van der Waals surface area contributed by atoms with Crippen molar-refractivity contribution in [1.29, 1.82) is 0 Å². The summed E-state index contributed by atoms with van der Waals surface area (Å²) in [5.74, 6) is -0.707. The van der Waals surface area contributed by atoms with Gasteiger partial charge in [-0.25, -0.2) is 0 Å². The van der Waals surface area contributed by atoms with Crippen molar-refractivity contribution in [3.05, 3.63) is 12.7 Å². The molecule has 0 aliphatic carbocycles. The number of carbonyl (C=O) groups excluding carboxylic acids is 2. The number of alkyl halides is 1. The molecular formula is C9H14BrNO2. The molecule has 0 aliphatic rings. The smallest absolute Gasteiger partial charge is 0.249 e. The van der Waals surface area contributed by atoms with E-state index in [-0.39, 0.29) is 10.7 Å². The minimum Gasteiger partial charge on any atom is -0.293 e. The average molecular weight is 248 g/mol. The van der Waals surface area contributed by atoms with Crippen LogP contribution in [0, 0.1) is 0 Å². The first-order chi connectivity index (χ1) is 6.10. The van der Waals surface area contributed by atoms with E-state index in [1.807, 2.05) is 6.92 Å². The van der Waals surface area contributed by atoms with Crippen molar-refractivity contribution < 1.29 is 9.59 Å². The number of carbonyl (C=O) groups is 2. The molecule has 13 heavy (non-hydrogen) atoms. The van der Waals surface area contributed by atoms with Gasteiger partial charge in [-0.05, 0) is 12.5 Å². The second-order valence-electron chi connectivity index (χ2n) is 2.71. The number of hydrogen-bond donors (Lipinski definition) is 1. The first kappa shape index (κ1) is 12.4. The monoisotopic (exact) mass is 247 g/mol. The van der Waals surface area contributed by atoms with Crippen LogP contribution in [0.5, 0.6) is 0 Å². The highest BCUT2D eigenvalue weighted by Gasteiger charge is 2.10. The van der Waals surface area contributed by atoms with E-state index in [4.69, 9.17) is 0 Å². The zero-order valence-electron chi connectivity index (χ0n) is 7.68. The van der Waals surface area contributed by atoms with Crippen LogP contribution >= 0.6 is 15.9 Å². The highest BCUT2D eigenvalue weighted by atomic mass is 79.9. The molecule has 0 rings (SSSR count). The van der Waals surface area contributed by atoms with Crippen molar-refractivity contribution in [1.82, 2.24) is 5.32 Å². The van der Waals surface area contributed by atoms with Gasteiger partial charge in [-0.15, -0.1) is 0 Å². The fourth-order valence-electron chi connectivity index (χ4n) is 0.856. The van der Waals surface area contributed by atoms with E-state index in [9.17, 15) is 9.59 Å². The van der Waals surface area contributed by atoms with E-state index >= 15 is 0 Å². The molecule has 1 unspecified atom stereocenters. The lowest BCUT2D eigenvalue weighted by atomic mass is 10.2. The highest BCUT2D eigenvalue weighted by Crippen LogP contribution is 2.11. The fourth-order valence-corrected chi connectivity index (χ4v) is 1.61. The summed E-state index contributed by atoms with van der Waals surface area (Å²) in [5.41, 5.74) is 0. The SMILES string of the molecule is C=CC(=O)NC(=O)CC(Br)CCC. The van der Waals surface area contributed by atoms with Gasteiger partial charge in [0.1, 0.15) is 0 Å². The second kappa shape index (κ2) is 6.83. The normalized spacial score (nSPS) is 11.8. The largest absolute Gasteiger partial charge is 0.293 e. The third kappa shape index (κ3) is 6.51. The predicted molar refractivity (Wildman–Crippen MR) is 55.6 cm³/mol. The van der Waals surface area contributed by atoms with Gasteiger partial charge in [0.2, 0.25) is 11.8 Å². The zero-order valence-corrected chi connectivity index (χ0v) is 9.26. The van der Waals surface area contributed by atoms with Gasteiger partial charge in [0, 0.05) is 11.2 Å². The van der Waals surface area contributed by atoms with Crippen LogP contribution in [0.25, 0.3) is 0 Å². The van der Waals surface area contributed by atoms with E-state index in [1.54, 1.807) is 0 Å². The van der Waals surface area contributed by atoms with Crippen molar-refractivity contribution in [3.8, 4) is 0 Å². The number of nitrogens with one attached hydrogen (secondary N) is 1. The minimum absolute atomic E-state index is 0.148. The van der Waals surface area contributed by atoms with Crippen molar-refractivity contribution in [2.75, 3.05) is 0 Å². The van der Waals surface area contributed by atoms with Crippen LogP contribution in [0.2, 0.25) is 0 Å². The molecule has 0 radical (unpaired) electrons. The van der Waals surface area contributed by atoms with Crippen LogP contribution < -0.4 is 5.32 Å². The standard InChI is InChI=1S/C9H14BrNO2/c1-3-5-7(10)6-9(13)11-8(12)4-2/h4,7H,2-3,5-6H2,1H3,(H,11,12,13). The Morgan fingerprint density at radius 2 is 2.23 bits per heavy atom. The third-order valence-corrected chi connectivity index (χ3v) is 2.24. The number of imide groups is 1. The molecule has 4 heteroatoms. The summed E-state index contributed by atoms with van der Waals surface area (Å²) in [6, 6.07) is 0. The van der Waals surface area contributed by atoms with Crippen molar-refractivity contribution in [3.63, 3.8) is 0 Å². The Balaban J connectivity index is 3.73. The molecule has 0 aromatic heterocycles. The number of halogens is 1. The molecule has 0 heterocycles. The van der Waals surface area contributed by atoms with E-state index in [2.05, 4.69) is 27.8 Å². The maximum absolute atomic E-state index is 11.1. The lowest BCUT2D eigenvalue weighted by molar-refractivity contribution is -0.127. The van der Waals surface area contributed by atoms with Gasteiger partial charge < -0.3 is 0 Å². The first-order valence-electron chi connectivity index (χ1n) is 4.20. The summed E-state index contributed by atoms with van der Waals surface area (Å²) in [7, 11) is 0. The van der Waals surface area contributed by atoms with Crippen LogP contribution in [0.4, 0.5) is 0 Å². The average Bonchev–Trinajstić information content (AvgIpc) is 2.04. The summed E-state index contributed by atoms with van der Waals surface area (Å²) >= 11 is 3.35. The van der Waals surface area contributed by atoms with Crippen LogP contribution in [-0.2, 0) is 9.59 Å². The molecule has 2 amide bonds. The van der Waals surface area contributed by atoms with Crippen LogP contribution in [0.15, 0.2) is 12.7 Å². The summed E-state index contributed by atoms with van der Waals surface area (Å²) in [4.78, 5) is 21.9. The number of hydrogen-bond acceptors (Lipinski definition) is 2. The van der Waals surface area contributed by atoms with Gasteiger partial charge in [-0.3, -0.25) is 14.9 Å². The van der Waals surface area contributed by atoms with Gasteiger partial charge in [0.15, 0.2) is 0 Å². The van der Waals surface area contributed by atoms with Crippen molar-refractivity contribution >= 4 is 27.7 Å². The van der Waals surface area contributed by atoms with E-state index in [0.717, 1.165) is 18.9 Å². The zero-order chi connectivity index (χ0) is 10.3. The predicted octanol–water partition coefficient (Wildman–Crippen LogP) is 1.77. The summed E-state index contributed by atoms with van der Waals surface area (Å²) in [6.07, 6.45) is 3.35. The molecule has 0 aliphatic heterocycles. The Morgan fingerprint density at radius 3 is 2.69 bits per heavy atom. The molecule has 1 N–H and O–H groups in total. The minimum atomic E-state index is -0.443. The molecule has 0 saturated carbocycles. The first-order valence-corrected chi connectivity index (χ1v) is 5.12. The summed E-state index contributed by atoms with van der Waals surface area (Å²) in [5, 5.41) is 2.19. The summed E-state index contributed by atoms with van der Waals surface area (Å²) in [6.45, 7) is 5.30. The topological polar surface area (TPSA) is 46.2 Å². The van der Waals surface area contributed by atoms with E-state index in [0.29, 0.717) is 6.42 Å². The molecule has 0 saturated heterocycles. The van der Waals surface area contributed by atoms with Gasteiger partial charge in [0.25, 0.3) is 0 Å². The molecule has 0 aromatic rings. The quantitative estimate of drug-likeness (QED) is 0.595. The number of amides is 2. The summed E-state index contributed by atoms with van der Waals surface area (Å²) < 4.78 is 0. The maximum atomic E-state index is 11.1. The van der Waals surface area contributed by atoms with Gasteiger partial charge in [-0.2, -0.15) is 0 Å². The molecule has 0 aromatic carbocycles. The Labute approximate surface area is 86.7 Å². The van der Waals surface area contributed by atoms with E-state index in [1.165, 1.54) is 0 Å². The van der Waals surface area contributed by atoms with Crippen LogP contribution in [0.3, 0.4) is 0 Å². The molecule has 1 atom stereocenters. The van der Waals surface area contributed by atoms with Crippen LogP contribution in [0.1, 0.15) is 26.2 Å². The number of rotatable bonds is 5. The van der Waals surface area contributed by atoms with Gasteiger partial charge >= 0.3 is 0 Å². The van der Waals surface area contributed by atoms with Gasteiger partial charge in [0.05, 0.1) is 0 Å². The van der Waals surface area contributed by atoms with Crippen LogP contribution in [-0.4, -0.2) is 16.6 Å². The Morgan fingerprint density at radius 1 is 1.62 bits per heavy atom. The Kier molecular flexibility index (Phi) is 6.49. The molecule has 0 fully saturated rings. The molecule has 0 bridgehead atoms. The Bertz CT molecular complexity index is 204. The van der Waals surface area contributed by atoms with Crippen molar-refractivity contribution in [2.24, 2.45) is 0 Å². The van der Waals surface area contributed by atoms with Crippen molar-refractivity contribution in [2.45, 2.75) is 31.0 Å². The van der Waals surface area contributed by atoms with E-state index < -0.39 is 5.91 Å². The van der Waals surface area contributed by atoms with Gasteiger partial charge in [-0.1, -0.05) is 35.9 Å². The lowest BCUT2D eigenvalue weighted by Crippen LogP contribution is -2.30.